The second-order valence-electron chi connectivity index (χ2n) is 13.3. The summed E-state index contributed by atoms with van der Waals surface area (Å²) in [5.74, 6) is 6.42. The van der Waals surface area contributed by atoms with Crippen molar-refractivity contribution in [3.8, 4) is 12.3 Å². The van der Waals surface area contributed by atoms with Gasteiger partial charge in [0.15, 0.2) is 5.66 Å². The number of hydrogen-bond acceptors (Lipinski definition) is 5. The fraction of sp³-hybridized carbons (Fsp3) is 0.900. The van der Waals surface area contributed by atoms with Crippen molar-refractivity contribution in [3.63, 3.8) is 0 Å². The highest BCUT2D eigenvalue weighted by Crippen LogP contribution is 2.72. The van der Waals surface area contributed by atoms with E-state index in [9.17, 15) is 9.90 Å². The van der Waals surface area contributed by atoms with Gasteiger partial charge in [-0.05, 0) is 105 Å². The second-order valence-corrected chi connectivity index (χ2v) is 13.3. The standard InChI is InChI=1S/C30H46N2O3/c1-5-6-7-8-17-35-27(34)12-9-20(2)23-10-11-24-22-19-30(31-32-30)26-18-21(33)13-15-29(26,4)25(22)14-16-28(23,24)3/h1,20-26,33H,6-19H2,2-4H3. The van der Waals surface area contributed by atoms with Gasteiger partial charge in [-0.25, -0.2) is 0 Å². The number of carbonyl (C=O) groups is 1. The molecule has 35 heavy (non-hydrogen) atoms. The largest absolute Gasteiger partial charge is 0.466 e. The van der Waals surface area contributed by atoms with Gasteiger partial charge in [0.1, 0.15) is 0 Å². The lowest BCUT2D eigenvalue weighted by Crippen LogP contribution is -2.59. The lowest BCUT2D eigenvalue weighted by atomic mass is 9.42. The van der Waals surface area contributed by atoms with Gasteiger partial charge in [0.05, 0.1) is 12.7 Å². The summed E-state index contributed by atoms with van der Waals surface area (Å²) >= 11 is 0. The third kappa shape index (κ3) is 4.36. The van der Waals surface area contributed by atoms with Crippen molar-refractivity contribution in [3.05, 3.63) is 0 Å². The Balaban J connectivity index is 1.21. The van der Waals surface area contributed by atoms with Gasteiger partial charge in [-0.2, -0.15) is 10.2 Å². The molecule has 1 heterocycles. The summed E-state index contributed by atoms with van der Waals surface area (Å²) in [6, 6.07) is 0. The van der Waals surface area contributed by atoms with Crippen molar-refractivity contribution in [1.82, 2.24) is 0 Å². The Kier molecular flexibility index (Phi) is 6.83. The molecule has 0 aromatic carbocycles. The summed E-state index contributed by atoms with van der Waals surface area (Å²) in [4.78, 5) is 12.3. The zero-order valence-corrected chi connectivity index (χ0v) is 22.2. The third-order valence-corrected chi connectivity index (χ3v) is 11.6. The maximum atomic E-state index is 12.3. The van der Waals surface area contributed by atoms with Crippen LogP contribution in [0.4, 0.5) is 0 Å². The molecule has 0 aromatic heterocycles. The van der Waals surface area contributed by atoms with Gasteiger partial charge in [0, 0.05) is 25.2 Å². The number of hydrogen-bond donors (Lipinski definition) is 1. The Bertz CT molecular complexity index is 873. The fourth-order valence-electron chi connectivity index (χ4n) is 9.75. The first kappa shape index (κ1) is 25.2. The van der Waals surface area contributed by atoms with Gasteiger partial charge < -0.3 is 9.84 Å². The Hall–Kier alpha value is -1.41. The van der Waals surface area contributed by atoms with Crippen LogP contribution < -0.4 is 0 Å². The Morgan fingerprint density at radius 2 is 1.86 bits per heavy atom. The molecule has 1 N–H and O–H groups in total. The summed E-state index contributed by atoms with van der Waals surface area (Å²) < 4.78 is 5.46. The van der Waals surface area contributed by atoms with Crippen molar-refractivity contribution in [2.24, 2.45) is 56.6 Å². The number of esters is 1. The van der Waals surface area contributed by atoms with Gasteiger partial charge in [-0.15, -0.1) is 12.3 Å². The van der Waals surface area contributed by atoms with E-state index in [4.69, 9.17) is 11.2 Å². The smallest absolute Gasteiger partial charge is 0.305 e. The molecule has 0 aromatic rings. The van der Waals surface area contributed by atoms with Crippen LogP contribution in [0.15, 0.2) is 10.2 Å². The third-order valence-electron chi connectivity index (χ3n) is 11.6. The summed E-state index contributed by atoms with van der Waals surface area (Å²) in [5.41, 5.74) is 0.428. The van der Waals surface area contributed by atoms with E-state index in [1.165, 1.54) is 25.7 Å². The van der Waals surface area contributed by atoms with E-state index in [-0.39, 0.29) is 23.2 Å². The molecule has 0 radical (unpaired) electrons. The minimum atomic E-state index is -0.191. The molecule has 0 amide bonds. The number of terminal acetylenes is 1. The molecular weight excluding hydrogens is 436 g/mol. The normalized spacial score (nSPS) is 43.5. The molecule has 4 aliphatic carbocycles. The maximum Gasteiger partial charge on any atom is 0.305 e. The van der Waals surface area contributed by atoms with Crippen LogP contribution in [0.2, 0.25) is 0 Å². The van der Waals surface area contributed by atoms with Crippen molar-refractivity contribution >= 4 is 5.97 Å². The first-order valence-electron chi connectivity index (χ1n) is 14.4. The lowest BCUT2D eigenvalue weighted by molar-refractivity contribution is -0.147. The van der Waals surface area contributed by atoms with Gasteiger partial charge in [-0.3, -0.25) is 4.79 Å². The fourth-order valence-corrected chi connectivity index (χ4v) is 9.75. The highest BCUT2D eigenvalue weighted by atomic mass is 16.5. The quantitative estimate of drug-likeness (QED) is 0.242. The highest BCUT2D eigenvalue weighted by molar-refractivity contribution is 5.69. The molecule has 4 fully saturated rings. The number of unbranched alkanes of at least 4 members (excludes halogenated alkanes) is 2. The molecule has 5 nitrogen and oxygen atoms in total. The highest BCUT2D eigenvalue weighted by Gasteiger charge is 2.69. The number of carbonyl (C=O) groups excluding carboxylic acids is 1. The van der Waals surface area contributed by atoms with Crippen molar-refractivity contribution in [2.75, 3.05) is 6.61 Å². The SMILES string of the molecule is C#CCCCCOC(=O)CCC(C)C1CCC2C3CC4(N=N4)C4CC(O)CCC4(C)C3CCC12C. The van der Waals surface area contributed by atoms with Crippen LogP contribution in [0.3, 0.4) is 0 Å². The zero-order valence-electron chi connectivity index (χ0n) is 22.2. The molecule has 4 saturated carbocycles. The van der Waals surface area contributed by atoms with Crippen LogP contribution in [0, 0.1) is 58.7 Å². The van der Waals surface area contributed by atoms with Crippen LogP contribution in [-0.2, 0) is 9.53 Å². The van der Waals surface area contributed by atoms with E-state index in [0.717, 1.165) is 63.2 Å². The second kappa shape index (κ2) is 9.47. The first-order chi connectivity index (χ1) is 16.7. The summed E-state index contributed by atoms with van der Waals surface area (Å²) in [6.45, 7) is 7.95. The number of rotatable bonds is 8. The maximum absolute atomic E-state index is 12.3. The number of fused-ring (bicyclic) bond motifs is 6. The molecule has 5 aliphatic rings. The van der Waals surface area contributed by atoms with Crippen molar-refractivity contribution < 1.29 is 14.6 Å². The molecule has 5 rings (SSSR count). The lowest BCUT2D eigenvalue weighted by Gasteiger charge is -2.62. The predicted molar refractivity (Wildman–Crippen MR) is 136 cm³/mol. The van der Waals surface area contributed by atoms with E-state index in [2.05, 4.69) is 36.9 Å². The molecular formula is C30H46N2O3. The van der Waals surface area contributed by atoms with Crippen LogP contribution in [0.25, 0.3) is 0 Å². The average Bonchev–Trinajstić information content (AvgIpc) is 3.50. The summed E-state index contributed by atoms with van der Waals surface area (Å²) in [5, 5.41) is 19.8. The van der Waals surface area contributed by atoms with Crippen molar-refractivity contribution in [2.45, 2.75) is 116 Å². The van der Waals surface area contributed by atoms with E-state index >= 15 is 0 Å². The van der Waals surface area contributed by atoms with E-state index in [1.54, 1.807) is 0 Å². The van der Waals surface area contributed by atoms with Crippen molar-refractivity contribution in [1.29, 1.82) is 0 Å². The predicted octanol–water partition coefficient (Wildman–Crippen LogP) is 6.54. The van der Waals surface area contributed by atoms with Crippen LogP contribution >= 0.6 is 0 Å². The Morgan fingerprint density at radius 3 is 2.60 bits per heavy atom. The summed E-state index contributed by atoms with van der Waals surface area (Å²) in [7, 11) is 0. The van der Waals surface area contributed by atoms with Gasteiger partial charge in [-0.1, -0.05) is 20.8 Å². The first-order valence-corrected chi connectivity index (χ1v) is 14.4. The monoisotopic (exact) mass is 482 g/mol. The Labute approximate surface area is 212 Å². The van der Waals surface area contributed by atoms with Crippen LogP contribution in [0.5, 0.6) is 0 Å². The van der Waals surface area contributed by atoms with Crippen LogP contribution in [-0.4, -0.2) is 29.4 Å². The average molecular weight is 483 g/mol. The number of nitrogens with zero attached hydrogens (tertiary/aromatic N) is 2. The van der Waals surface area contributed by atoms with Crippen LogP contribution in [0.1, 0.15) is 104 Å². The van der Waals surface area contributed by atoms with E-state index in [1.807, 2.05) is 0 Å². The molecule has 1 aliphatic heterocycles. The molecule has 5 heteroatoms. The topological polar surface area (TPSA) is 71.2 Å². The van der Waals surface area contributed by atoms with Gasteiger partial charge in [0.2, 0.25) is 0 Å². The molecule has 9 unspecified atom stereocenters. The molecule has 0 bridgehead atoms. The minimum absolute atomic E-state index is 0.0504. The molecule has 1 spiro atoms. The number of aliphatic hydroxyl groups excluding tert-OH is 1. The van der Waals surface area contributed by atoms with E-state index in [0.29, 0.717) is 42.1 Å². The van der Waals surface area contributed by atoms with Gasteiger partial charge in [0.25, 0.3) is 0 Å². The minimum Gasteiger partial charge on any atom is -0.466 e. The molecule has 9 atom stereocenters. The van der Waals surface area contributed by atoms with Gasteiger partial charge >= 0.3 is 5.97 Å². The zero-order chi connectivity index (χ0) is 24.8. The number of aliphatic hydroxyl groups is 1. The van der Waals surface area contributed by atoms with E-state index < -0.39 is 0 Å². The Morgan fingerprint density at radius 1 is 1.11 bits per heavy atom. The molecule has 0 saturated heterocycles. The summed E-state index contributed by atoms with van der Waals surface area (Å²) in [6.07, 6.45) is 18.4. The number of ether oxygens (including phenoxy) is 1. The molecule has 194 valence electrons.